The number of nitrogens with zero attached hydrogens (tertiary/aromatic N) is 1. The minimum absolute atomic E-state index is 0.123. The topological polar surface area (TPSA) is 49.4 Å². The molecule has 30 heavy (non-hydrogen) atoms. The van der Waals surface area contributed by atoms with Crippen molar-refractivity contribution in [3.8, 4) is 0 Å². The standard InChI is InChI=1S/C23H28Cl2N2O2S/c1-4-12-26-23(29)17(3)27(13-19-20(24)6-5-7-21(19)25)22(28)15-30-14-18-10-8-16(2)9-11-18/h5-11,17H,4,12-15H2,1-3H3,(H,26,29)/t17-/m1/s1. The third kappa shape index (κ3) is 7.22. The third-order valence-electron chi connectivity index (χ3n) is 4.72. The number of carbonyl (C=O) groups excluding carboxylic acids is 2. The van der Waals surface area contributed by atoms with Gasteiger partial charge in [-0.25, -0.2) is 0 Å². The van der Waals surface area contributed by atoms with Crippen LogP contribution in [0, 0.1) is 6.92 Å². The third-order valence-corrected chi connectivity index (χ3v) is 6.42. The van der Waals surface area contributed by atoms with Crippen LogP contribution < -0.4 is 5.32 Å². The number of thioether (sulfide) groups is 1. The van der Waals surface area contributed by atoms with E-state index in [0.717, 1.165) is 17.7 Å². The van der Waals surface area contributed by atoms with E-state index in [4.69, 9.17) is 23.2 Å². The van der Waals surface area contributed by atoms with Gasteiger partial charge in [0.15, 0.2) is 0 Å². The van der Waals surface area contributed by atoms with Gasteiger partial charge >= 0.3 is 0 Å². The molecule has 4 nitrogen and oxygen atoms in total. The predicted molar refractivity (Wildman–Crippen MR) is 127 cm³/mol. The Hall–Kier alpha value is -1.69. The molecule has 0 aliphatic heterocycles. The fourth-order valence-corrected chi connectivity index (χ4v) is 4.24. The molecule has 0 unspecified atom stereocenters. The minimum Gasteiger partial charge on any atom is -0.354 e. The van der Waals surface area contributed by atoms with E-state index in [1.807, 2.05) is 13.8 Å². The zero-order valence-electron chi connectivity index (χ0n) is 17.6. The molecule has 0 saturated carbocycles. The number of halogens is 2. The van der Waals surface area contributed by atoms with E-state index in [9.17, 15) is 9.59 Å². The Balaban J connectivity index is 2.11. The molecule has 2 amide bonds. The summed E-state index contributed by atoms with van der Waals surface area (Å²) >= 11 is 14.2. The first-order valence-corrected chi connectivity index (χ1v) is 11.9. The van der Waals surface area contributed by atoms with Crippen molar-refractivity contribution in [3.63, 3.8) is 0 Å². The highest BCUT2D eigenvalue weighted by atomic mass is 35.5. The average molecular weight is 467 g/mol. The minimum atomic E-state index is -0.628. The molecule has 0 saturated heterocycles. The number of nitrogens with one attached hydrogen (secondary N) is 1. The van der Waals surface area contributed by atoms with Crippen LogP contribution in [0.1, 0.15) is 37.0 Å². The van der Waals surface area contributed by atoms with Gasteiger partial charge in [-0.1, -0.05) is 66.0 Å². The zero-order valence-corrected chi connectivity index (χ0v) is 19.9. The number of hydrogen-bond donors (Lipinski definition) is 1. The SMILES string of the molecule is CCCNC(=O)[C@@H](C)N(Cc1c(Cl)cccc1Cl)C(=O)CSCc1ccc(C)cc1. The van der Waals surface area contributed by atoms with Gasteiger partial charge in [0.2, 0.25) is 11.8 Å². The van der Waals surface area contributed by atoms with Crippen molar-refractivity contribution in [2.75, 3.05) is 12.3 Å². The van der Waals surface area contributed by atoms with E-state index in [1.54, 1.807) is 30.0 Å². The maximum Gasteiger partial charge on any atom is 0.242 e. The van der Waals surface area contributed by atoms with Crippen molar-refractivity contribution in [1.82, 2.24) is 10.2 Å². The van der Waals surface area contributed by atoms with Gasteiger partial charge < -0.3 is 10.2 Å². The average Bonchev–Trinajstić information content (AvgIpc) is 2.72. The Morgan fingerprint density at radius 1 is 1.10 bits per heavy atom. The van der Waals surface area contributed by atoms with E-state index in [1.165, 1.54) is 17.3 Å². The quantitative estimate of drug-likeness (QED) is 0.504. The van der Waals surface area contributed by atoms with E-state index < -0.39 is 6.04 Å². The van der Waals surface area contributed by atoms with Crippen molar-refractivity contribution >= 4 is 46.8 Å². The van der Waals surface area contributed by atoms with Crippen LogP contribution in [-0.2, 0) is 21.9 Å². The van der Waals surface area contributed by atoms with Crippen LogP contribution >= 0.6 is 35.0 Å². The number of amides is 2. The second kappa shape index (κ2) is 12.2. The van der Waals surface area contributed by atoms with Gasteiger partial charge in [0, 0.05) is 34.5 Å². The zero-order chi connectivity index (χ0) is 22.1. The second-order valence-corrected chi connectivity index (χ2v) is 8.97. The summed E-state index contributed by atoms with van der Waals surface area (Å²) in [7, 11) is 0. The first-order valence-electron chi connectivity index (χ1n) is 9.96. The molecule has 162 valence electrons. The number of rotatable bonds is 10. The Kier molecular flexibility index (Phi) is 10.0. The van der Waals surface area contributed by atoms with Crippen LogP contribution in [0.4, 0.5) is 0 Å². The maximum atomic E-state index is 13.1. The molecule has 1 N–H and O–H groups in total. The molecule has 0 bridgehead atoms. The highest BCUT2D eigenvalue weighted by Gasteiger charge is 2.27. The molecule has 0 radical (unpaired) electrons. The Morgan fingerprint density at radius 2 is 1.73 bits per heavy atom. The molecule has 7 heteroatoms. The van der Waals surface area contributed by atoms with Gasteiger partial charge in [0.05, 0.1) is 5.75 Å². The first-order chi connectivity index (χ1) is 14.3. The molecule has 2 aromatic rings. The number of hydrogen-bond acceptors (Lipinski definition) is 3. The molecule has 2 rings (SSSR count). The fourth-order valence-electron chi connectivity index (χ4n) is 2.86. The molecular formula is C23H28Cl2N2O2S. The summed E-state index contributed by atoms with van der Waals surface area (Å²) in [5, 5.41) is 3.82. The molecular weight excluding hydrogens is 439 g/mol. The summed E-state index contributed by atoms with van der Waals surface area (Å²) in [6.45, 7) is 6.52. The van der Waals surface area contributed by atoms with Gasteiger partial charge in [0.1, 0.15) is 6.04 Å². The summed E-state index contributed by atoms with van der Waals surface area (Å²) in [5.74, 6) is 0.684. The first kappa shape index (κ1) is 24.6. The highest BCUT2D eigenvalue weighted by Crippen LogP contribution is 2.27. The summed E-state index contributed by atoms with van der Waals surface area (Å²) in [6.07, 6.45) is 0.829. The summed E-state index contributed by atoms with van der Waals surface area (Å²) in [5.41, 5.74) is 3.01. The smallest absolute Gasteiger partial charge is 0.242 e. The molecule has 1 atom stereocenters. The van der Waals surface area contributed by atoms with Gasteiger partial charge in [-0.05, 0) is 38.0 Å². The summed E-state index contributed by atoms with van der Waals surface area (Å²) in [6, 6.07) is 12.8. The van der Waals surface area contributed by atoms with Crippen LogP contribution in [-0.4, -0.2) is 35.1 Å². The van der Waals surface area contributed by atoms with E-state index >= 15 is 0 Å². The lowest BCUT2D eigenvalue weighted by molar-refractivity contribution is -0.138. The molecule has 0 aliphatic carbocycles. The van der Waals surface area contributed by atoms with Crippen molar-refractivity contribution in [1.29, 1.82) is 0 Å². The number of benzene rings is 2. The Labute approximate surface area is 193 Å². The normalized spacial score (nSPS) is 11.8. The maximum absolute atomic E-state index is 13.1. The van der Waals surface area contributed by atoms with Crippen LogP contribution in [0.5, 0.6) is 0 Å². The van der Waals surface area contributed by atoms with E-state index in [-0.39, 0.29) is 24.1 Å². The van der Waals surface area contributed by atoms with Crippen LogP contribution in [0.2, 0.25) is 10.0 Å². The number of aryl methyl sites for hydroxylation is 1. The van der Waals surface area contributed by atoms with Crippen molar-refractivity contribution in [2.24, 2.45) is 0 Å². The molecule has 0 spiro atoms. The van der Waals surface area contributed by atoms with Crippen molar-refractivity contribution < 1.29 is 9.59 Å². The van der Waals surface area contributed by atoms with Crippen LogP contribution in [0.15, 0.2) is 42.5 Å². The van der Waals surface area contributed by atoms with E-state index in [0.29, 0.717) is 22.2 Å². The monoisotopic (exact) mass is 466 g/mol. The summed E-state index contributed by atoms with van der Waals surface area (Å²) in [4.78, 5) is 27.2. The molecule has 0 aromatic heterocycles. The highest BCUT2D eigenvalue weighted by molar-refractivity contribution is 7.99. The van der Waals surface area contributed by atoms with Gasteiger partial charge in [-0.2, -0.15) is 0 Å². The molecule has 0 heterocycles. The van der Waals surface area contributed by atoms with Gasteiger partial charge in [-0.3, -0.25) is 9.59 Å². The Morgan fingerprint density at radius 3 is 2.33 bits per heavy atom. The van der Waals surface area contributed by atoms with Gasteiger partial charge in [-0.15, -0.1) is 11.8 Å². The fraction of sp³-hybridized carbons (Fsp3) is 0.391. The van der Waals surface area contributed by atoms with Crippen molar-refractivity contribution in [3.05, 3.63) is 69.2 Å². The molecule has 0 fully saturated rings. The lowest BCUT2D eigenvalue weighted by atomic mass is 10.1. The second-order valence-electron chi connectivity index (χ2n) is 7.17. The van der Waals surface area contributed by atoms with Crippen LogP contribution in [0.25, 0.3) is 0 Å². The van der Waals surface area contributed by atoms with Gasteiger partial charge in [0.25, 0.3) is 0 Å². The van der Waals surface area contributed by atoms with E-state index in [2.05, 4.69) is 29.6 Å². The summed E-state index contributed by atoms with van der Waals surface area (Å²) < 4.78 is 0. The number of carbonyl (C=O) groups is 2. The molecule has 2 aromatic carbocycles. The largest absolute Gasteiger partial charge is 0.354 e. The Bertz CT molecular complexity index is 839. The van der Waals surface area contributed by atoms with Crippen molar-refractivity contribution in [2.45, 2.75) is 45.5 Å². The lowest BCUT2D eigenvalue weighted by Gasteiger charge is -2.29. The van der Waals surface area contributed by atoms with Crippen LogP contribution in [0.3, 0.4) is 0 Å². The molecule has 0 aliphatic rings. The predicted octanol–water partition coefficient (Wildman–Crippen LogP) is 5.48. The lowest BCUT2D eigenvalue weighted by Crippen LogP contribution is -2.48.